The van der Waals surface area contributed by atoms with Crippen LogP contribution in [0.15, 0.2) is 36.1 Å². The Hall–Kier alpha value is -2.21. The number of aromatic nitrogens is 4. The van der Waals surface area contributed by atoms with Crippen LogP contribution in [0.5, 0.6) is 0 Å². The fraction of sp³-hybridized carbons (Fsp3) is 0.389. The summed E-state index contributed by atoms with van der Waals surface area (Å²) in [7, 11) is 2.00. The van der Waals surface area contributed by atoms with Gasteiger partial charge in [0.15, 0.2) is 0 Å². The van der Waals surface area contributed by atoms with Crippen molar-refractivity contribution in [3.8, 4) is 22.0 Å². The zero-order valence-electron chi connectivity index (χ0n) is 14.0. The van der Waals surface area contributed by atoms with Crippen molar-refractivity contribution in [1.82, 2.24) is 19.5 Å². The Morgan fingerprint density at radius 1 is 1.29 bits per heavy atom. The SMILES string of the molecule is C[C@H]1CCCN(c2ncc(-c3nccn3C)c(-c3cccs3)n2)C1. The average Bonchev–Trinajstić information content (AvgIpc) is 3.26. The number of nitrogens with zero attached hydrogens (tertiary/aromatic N) is 5. The molecule has 3 aromatic rings. The molecule has 0 saturated carbocycles. The topological polar surface area (TPSA) is 46.8 Å². The highest BCUT2D eigenvalue weighted by Crippen LogP contribution is 2.33. The third kappa shape index (κ3) is 2.82. The van der Waals surface area contributed by atoms with Crippen LogP contribution in [0.1, 0.15) is 19.8 Å². The molecule has 1 atom stereocenters. The molecule has 0 bridgehead atoms. The summed E-state index contributed by atoms with van der Waals surface area (Å²) in [4.78, 5) is 17.6. The van der Waals surface area contributed by atoms with Gasteiger partial charge < -0.3 is 9.47 Å². The lowest BCUT2D eigenvalue weighted by atomic mass is 10.0. The van der Waals surface area contributed by atoms with Crippen LogP contribution in [0, 0.1) is 5.92 Å². The van der Waals surface area contributed by atoms with E-state index < -0.39 is 0 Å². The maximum atomic E-state index is 4.94. The number of rotatable bonds is 3. The van der Waals surface area contributed by atoms with Gasteiger partial charge in [0, 0.05) is 38.7 Å². The lowest BCUT2D eigenvalue weighted by molar-refractivity contribution is 0.442. The smallest absolute Gasteiger partial charge is 0.225 e. The second-order valence-electron chi connectivity index (χ2n) is 6.46. The van der Waals surface area contributed by atoms with Crippen LogP contribution in [0.2, 0.25) is 0 Å². The predicted molar refractivity (Wildman–Crippen MR) is 98.2 cm³/mol. The van der Waals surface area contributed by atoms with Crippen LogP contribution >= 0.6 is 11.3 Å². The molecule has 0 unspecified atom stereocenters. The van der Waals surface area contributed by atoms with Gasteiger partial charge in [-0.3, -0.25) is 0 Å². The maximum absolute atomic E-state index is 4.94. The van der Waals surface area contributed by atoms with E-state index in [9.17, 15) is 0 Å². The van der Waals surface area contributed by atoms with Gasteiger partial charge in [-0.1, -0.05) is 13.0 Å². The zero-order valence-corrected chi connectivity index (χ0v) is 14.8. The van der Waals surface area contributed by atoms with Crippen molar-refractivity contribution >= 4 is 17.3 Å². The molecule has 24 heavy (non-hydrogen) atoms. The number of hydrogen-bond donors (Lipinski definition) is 0. The molecule has 4 rings (SSSR count). The normalized spacial score (nSPS) is 18.1. The summed E-state index contributed by atoms with van der Waals surface area (Å²) in [5, 5.41) is 2.09. The molecule has 1 saturated heterocycles. The van der Waals surface area contributed by atoms with Crippen LogP contribution in [0.25, 0.3) is 22.0 Å². The fourth-order valence-corrected chi connectivity index (χ4v) is 4.01. The van der Waals surface area contributed by atoms with Gasteiger partial charge in [-0.2, -0.15) is 0 Å². The Morgan fingerprint density at radius 2 is 2.21 bits per heavy atom. The second kappa shape index (κ2) is 6.36. The number of piperidine rings is 1. The van der Waals surface area contributed by atoms with Gasteiger partial charge in [-0.05, 0) is 30.2 Å². The molecule has 4 heterocycles. The Labute approximate surface area is 146 Å². The summed E-state index contributed by atoms with van der Waals surface area (Å²) in [5.41, 5.74) is 1.96. The third-order valence-electron chi connectivity index (χ3n) is 4.53. The first-order valence-electron chi connectivity index (χ1n) is 8.36. The fourth-order valence-electron chi connectivity index (χ4n) is 3.29. The molecule has 0 aliphatic carbocycles. The zero-order chi connectivity index (χ0) is 16.5. The van der Waals surface area contributed by atoms with E-state index >= 15 is 0 Å². The molecule has 124 valence electrons. The van der Waals surface area contributed by atoms with Crippen molar-refractivity contribution in [3.63, 3.8) is 0 Å². The Morgan fingerprint density at radius 3 is 2.92 bits per heavy atom. The van der Waals surface area contributed by atoms with Gasteiger partial charge in [0.1, 0.15) is 5.82 Å². The molecule has 1 aliphatic rings. The molecule has 0 spiro atoms. The van der Waals surface area contributed by atoms with Gasteiger partial charge in [-0.25, -0.2) is 15.0 Å². The van der Waals surface area contributed by atoms with Gasteiger partial charge >= 0.3 is 0 Å². The highest BCUT2D eigenvalue weighted by atomic mass is 32.1. The van der Waals surface area contributed by atoms with E-state index in [-0.39, 0.29) is 0 Å². The summed E-state index contributed by atoms with van der Waals surface area (Å²) in [6, 6.07) is 4.18. The van der Waals surface area contributed by atoms with Gasteiger partial charge in [0.2, 0.25) is 5.95 Å². The van der Waals surface area contributed by atoms with E-state index in [4.69, 9.17) is 4.98 Å². The van der Waals surface area contributed by atoms with Crippen molar-refractivity contribution < 1.29 is 0 Å². The van der Waals surface area contributed by atoms with Crippen LogP contribution in [-0.4, -0.2) is 32.6 Å². The largest absolute Gasteiger partial charge is 0.341 e. The Bertz CT molecular complexity index is 824. The highest BCUT2D eigenvalue weighted by Gasteiger charge is 2.21. The molecule has 1 fully saturated rings. The minimum atomic E-state index is 0.696. The number of aryl methyl sites for hydroxylation is 1. The van der Waals surface area contributed by atoms with Crippen LogP contribution < -0.4 is 4.90 Å². The van der Waals surface area contributed by atoms with Crippen LogP contribution in [0.4, 0.5) is 5.95 Å². The first-order chi connectivity index (χ1) is 11.7. The minimum Gasteiger partial charge on any atom is -0.341 e. The minimum absolute atomic E-state index is 0.696. The Kier molecular flexibility index (Phi) is 4.06. The van der Waals surface area contributed by atoms with E-state index in [1.807, 2.05) is 30.2 Å². The van der Waals surface area contributed by atoms with Crippen LogP contribution in [-0.2, 0) is 7.05 Å². The molecule has 0 radical (unpaired) electrons. The van der Waals surface area contributed by atoms with Gasteiger partial charge in [-0.15, -0.1) is 11.3 Å². The predicted octanol–water partition coefficient (Wildman–Crippen LogP) is 3.84. The summed E-state index contributed by atoms with van der Waals surface area (Å²) in [5.74, 6) is 2.43. The monoisotopic (exact) mass is 339 g/mol. The third-order valence-corrected chi connectivity index (χ3v) is 5.41. The molecular formula is C18H21N5S. The highest BCUT2D eigenvalue weighted by molar-refractivity contribution is 7.13. The van der Waals surface area contributed by atoms with E-state index in [2.05, 4.69) is 39.3 Å². The van der Waals surface area contributed by atoms with Crippen molar-refractivity contribution in [3.05, 3.63) is 36.1 Å². The molecular weight excluding hydrogens is 318 g/mol. The first-order valence-corrected chi connectivity index (χ1v) is 9.24. The molecule has 0 N–H and O–H groups in total. The molecule has 3 aromatic heterocycles. The van der Waals surface area contributed by atoms with E-state index in [1.165, 1.54) is 12.8 Å². The second-order valence-corrected chi connectivity index (χ2v) is 7.41. The number of hydrogen-bond acceptors (Lipinski definition) is 5. The maximum Gasteiger partial charge on any atom is 0.225 e. The molecule has 0 aromatic carbocycles. The van der Waals surface area contributed by atoms with Crippen molar-refractivity contribution in [2.75, 3.05) is 18.0 Å². The van der Waals surface area contributed by atoms with Crippen molar-refractivity contribution in [2.24, 2.45) is 13.0 Å². The lowest BCUT2D eigenvalue weighted by Gasteiger charge is -2.31. The van der Waals surface area contributed by atoms with Crippen molar-refractivity contribution in [2.45, 2.75) is 19.8 Å². The quantitative estimate of drug-likeness (QED) is 0.727. The average molecular weight is 339 g/mol. The summed E-state index contributed by atoms with van der Waals surface area (Å²) >= 11 is 1.70. The summed E-state index contributed by atoms with van der Waals surface area (Å²) < 4.78 is 2.01. The van der Waals surface area contributed by atoms with Crippen LogP contribution in [0.3, 0.4) is 0 Å². The van der Waals surface area contributed by atoms with E-state index in [0.717, 1.165) is 41.0 Å². The number of thiophene rings is 1. The molecule has 0 amide bonds. The molecule has 1 aliphatic heterocycles. The summed E-state index contributed by atoms with van der Waals surface area (Å²) in [6.45, 7) is 4.37. The lowest BCUT2D eigenvalue weighted by Crippen LogP contribution is -2.35. The summed E-state index contributed by atoms with van der Waals surface area (Å²) in [6.07, 6.45) is 8.19. The van der Waals surface area contributed by atoms with Gasteiger partial charge in [0.05, 0.1) is 16.1 Å². The van der Waals surface area contributed by atoms with Crippen molar-refractivity contribution in [1.29, 1.82) is 0 Å². The Balaban J connectivity index is 1.80. The number of imidazole rings is 1. The molecule has 5 nitrogen and oxygen atoms in total. The molecule has 6 heteroatoms. The van der Waals surface area contributed by atoms with Gasteiger partial charge in [0.25, 0.3) is 0 Å². The standard InChI is InChI=1S/C18H21N5S/c1-13-5-3-8-23(12-13)18-20-11-14(17-19-7-9-22(17)2)16(21-18)15-6-4-10-24-15/h4,6-7,9-11,13H,3,5,8,12H2,1-2H3/t13-/m0/s1. The van der Waals surface area contributed by atoms with E-state index in [1.54, 1.807) is 11.3 Å². The number of anilines is 1. The van der Waals surface area contributed by atoms with E-state index in [0.29, 0.717) is 5.92 Å². The first kappa shape index (κ1) is 15.3.